The first-order chi connectivity index (χ1) is 9.56. The highest BCUT2D eigenvalue weighted by Gasteiger charge is 2.16. The molecule has 1 rings (SSSR count). The van der Waals surface area contributed by atoms with Gasteiger partial charge in [-0.1, -0.05) is 32.4 Å². The number of carboxylic acids is 1. The van der Waals surface area contributed by atoms with Crippen LogP contribution in [0.2, 0.25) is 0 Å². The van der Waals surface area contributed by atoms with Gasteiger partial charge in [-0.05, 0) is 30.7 Å². The predicted octanol–water partition coefficient (Wildman–Crippen LogP) is 2.88. The Kier molecular flexibility index (Phi) is 6.75. The van der Waals surface area contributed by atoms with Crippen molar-refractivity contribution in [3.05, 3.63) is 35.4 Å². The molecule has 4 heteroatoms. The Morgan fingerprint density at radius 3 is 2.85 bits per heavy atom. The maximum Gasteiger partial charge on any atom is 0.307 e. The van der Waals surface area contributed by atoms with E-state index >= 15 is 0 Å². The first-order valence-corrected chi connectivity index (χ1v) is 7.01. The fourth-order valence-corrected chi connectivity index (χ4v) is 2.08. The third-order valence-electron chi connectivity index (χ3n) is 3.24. The SMILES string of the molecule is CCCCN(Cc1cccc(C#N)c1)CC(C)C(=O)O. The number of rotatable bonds is 8. The molecule has 108 valence electrons. The van der Waals surface area contributed by atoms with E-state index in [9.17, 15) is 4.79 Å². The molecule has 1 unspecified atom stereocenters. The molecule has 0 saturated carbocycles. The van der Waals surface area contributed by atoms with Crippen molar-refractivity contribution in [3.63, 3.8) is 0 Å². The number of hydrogen-bond donors (Lipinski definition) is 1. The summed E-state index contributed by atoms with van der Waals surface area (Å²) in [6, 6.07) is 9.62. The van der Waals surface area contributed by atoms with E-state index in [-0.39, 0.29) is 5.92 Å². The molecule has 1 atom stereocenters. The van der Waals surface area contributed by atoms with E-state index in [2.05, 4.69) is 17.9 Å². The zero-order chi connectivity index (χ0) is 15.0. The van der Waals surface area contributed by atoms with Crippen molar-refractivity contribution in [2.75, 3.05) is 13.1 Å². The van der Waals surface area contributed by atoms with E-state index in [0.29, 0.717) is 18.7 Å². The molecule has 4 nitrogen and oxygen atoms in total. The fourth-order valence-electron chi connectivity index (χ4n) is 2.08. The number of carbonyl (C=O) groups is 1. The van der Waals surface area contributed by atoms with Crippen LogP contribution in [-0.4, -0.2) is 29.1 Å². The first-order valence-electron chi connectivity index (χ1n) is 7.01. The molecule has 0 aliphatic heterocycles. The summed E-state index contributed by atoms with van der Waals surface area (Å²) in [6.45, 7) is 5.95. The summed E-state index contributed by atoms with van der Waals surface area (Å²) in [6.07, 6.45) is 2.13. The van der Waals surface area contributed by atoms with Gasteiger partial charge in [-0.2, -0.15) is 5.26 Å². The monoisotopic (exact) mass is 274 g/mol. The summed E-state index contributed by atoms with van der Waals surface area (Å²) in [7, 11) is 0. The molecule has 0 fully saturated rings. The molecule has 0 aliphatic rings. The average Bonchev–Trinajstić information content (AvgIpc) is 2.44. The summed E-state index contributed by atoms with van der Waals surface area (Å²) < 4.78 is 0. The molecular weight excluding hydrogens is 252 g/mol. The van der Waals surface area contributed by atoms with Gasteiger partial charge in [0.15, 0.2) is 0 Å². The van der Waals surface area contributed by atoms with Crippen molar-refractivity contribution >= 4 is 5.97 Å². The summed E-state index contributed by atoms with van der Waals surface area (Å²) in [5.41, 5.74) is 1.70. The lowest BCUT2D eigenvalue weighted by Gasteiger charge is -2.24. The summed E-state index contributed by atoms with van der Waals surface area (Å²) in [5.74, 6) is -1.15. The summed E-state index contributed by atoms with van der Waals surface area (Å²) in [4.78, 5) is 13.1. The van der Waals surface area contributed by atoms with E-state index in [1.54, 1.807) is 13.0 Å². The molecule has 20 heavy (non-hydrogen) atoms. The minimum absolute atomic E-state index is 0.383. The highest BCUT2D eigenvalue weighted by Crippen LogP contribution is 2.11. The van der Waals surface area contributed by atoms with Gasteiger partial charge in [0.2, 0.25) is 0 Å². The molecule has 0 saturated heterocycles. The highest BCUT2D eigenvalue weighted by atomic mass is 16.4. The molecule has 1 aromatic rings. The largest absolute Gasteiger partial charge is 0.481 e. The third-order valence-corrected chi connectivity index (χ3v) is 3.24. The number of hydrogen-bond acceptors (Lipinski definition) is 3. The van der Waals surface area contributed by atoms with Gasteiger partial charge in [0.1, 0.15) is 0 Å². The number of nitriles is 1. The van der Waals surface area contributed by atoms with Gasteiger partial charge in [-0.3, -0.25) is 9.69 Å². The number of aliphatic carboxylic acids is 1. The van der Waals surface area contributed by atoms with Gasteiger partial charge in [0.05, 0.1) is 17.6 Å². The minimum Gasteiger partial charge on any atom is -0.481 e. The zero-order valence-corrected chi connectivity index (χ0v) is 12.2. The lowest BCUT2D eigenvalue weighted by molar-refractivity contribution is -0.141. The first kappa shape index (κ1) is 16.2. The molecule has 0 aliphatic carbocycles. The Morgan fingerprint density at radius 2 is 2.25 bits per heavy atom. The van der Waals surface area contributed by atoms with Gasteiger partial charge >= 0.3 is 5.97 Å². The molecule has 0 radical (unpaired) electrons. The van der Waals surface area contributed by atoms with Crippen LogP contribution < -0.4 is 0 Å². The van der Waals surface area contributed by atoms with E-state index < -0.39 is 5.97 Å². The normalized spacial score (nSPS) is 12.1. The third kappa shape index (κ3) is 5.41. The maximum atomic E-state index is 11.0. The Morgan fingerprint density at radius 1 is 1.50 bits per heavy atom. The maximum absolute atomic E-state index is 11.0. The zero-order valence-electron chi connectivity index (χ0n) is 12.2. The Bertz CT molecular complexity index is 480. The van der Waals surface area contributed by atoms with Crippen LogP contribution in [0.15, 0.2) is 24.3 Å². The van der Waals surface area contributed by atoms with Crippen LogP contribution in [0.4, 0.5) is 0 Å². The molecular formula is C16H22N2O2. The van der Waals surface area contributed by atoms with Crippen molar-refractivity contribution in [3.8, 4) is 6.07 Å². The molecule has 0 aromatic heterocycles. The van der Waals surface area contributed by atoms with E-state index in [0.717, 1.165) is 24.9 Å². The van der Waals surface area contributed by atoms with Gasteiger partial charge in [0, 0.05) is 13.1 Å². The van der Waals surface area contributed by atoms with Crippen LogP contribution >= 0.6 is 0 Å². The van der Waals surface area contributed by atoms with Crippen LogP contribution in [0.5, 0.6) is 0 Å². The summed E-state index contributed by atoms with van der Waals surface area (Å²) >= 11 is 0. The summed E-state index contributed by atoms with van der Waals surface area (Å²) in [5, 5.41) is 17.9. The number of benzene rings is 1. The van der Waals surface area contributed by atoms with Crippen molar-refractivity contribution < 1.29 is 9.90 Å². The fraction of sp³-hybridized carbons (Fsp3) is 0.500. The smallest absolute Gasteiger partial charge is 0.307 e. The predicted molar refractivity (Wildman–Crippen MR) is 78.1 cm³/mol. The van der Waals surface area contributed by atoms with Gasteiger partial charge in [-0.15, -0.1) is 0 Å². The standard InChI is InChI=1S/C16H22N2O2/c1-3-4-8-18(11-13(2)16(19)20)12-15-7-5-6-14(9-15)10-17/h5-7,9,13H,3-4,8,11-12H2,1-2H3,(H,19,20). The lowest BCUT2D eigenvalue weighted by Crippen LogP contribution is -2.32. The van der Waals surface area contributed by atoms with Gasteiger partial charge in [0.25, 0.3) is 0 Å². The second-order valence-electron chi connectivity index (χ2n) is 5.14. The van der Waals surface area contributed by atoms with E-state index in [1.165, 1.54) is 0 Å². The number of unbranched alkanes of at least 4 members (excludes halogenated alkanes) is 1. The van der Waals surface area contributed by atoms with Crippen LogP contribution in [-0.2, 0) is 11.3 Å². The topological polar surface area (TPSA) is 64.3 Å². The Balaban J connectivity index is 2.72. The second kappa shape index (κ2) is 8.34. The molecule has 1 N–H and O–H groups in total. The lowest BCUT2D eigenvalue weighted by atomic mass is 10.1. The van der Waals surface area contributed by atoms with Crippen molar-refractivity contribution in [2.45, 2.75) is 33.2 Å². The number of carboxylic acid groups (broad SMARTS) is 1. The second-order valence-corrected chi connectivity index (χ2v) is 5.14. The van der Waals surface area contributed by atoms with Crippen LogP contribution in [0.25, 0.3) is 0 Å². The van der Waals surface area contributed by atoms with E-state index in [4.69, 9.17) is 10.4 Å². The molecule has 0 amide bonds. The minimum atomic E-state index is -0.766. The van der Waals surface area contributed by atoms with Crippen molar-refractivity contribution in [2.24, 2.45) is 5.92 Å². The molecule has 0 spiro atoms. The number of nitrogens with zero attached hydrogens (tertiary/aromatic N) is 2. The molecule has 1 aromatic carbocycles. The van der Waals surface area contributed by atoms with Crippen LogP contribution in [0, 0.1) is 17.2 Å². The van der Waals surface area contributed by atoms with Crippen LogP contribution in [0.3, 0.4) is 0 Å². The Labute approximate surface area is 120 Å². The van der Waals surface area contributed by atoms with Gasteiger partial charge in [-0.25, -0.2) is 0 Å². The molecule has 0 bridgehead atoms. The molecule has 0 heterocycles. The van der Waals surface area contributed by atoms with Crippen molar-refractivity contribution in [1.82, 2.24) is 4.90 Å². The Hall–Kier alpha value is -1.86. The van der Waals surface area contributed by atoms with Crippen molar-refractivity contribution in [1.29, 1.82) is 5.26 Å². The van der Waals surface area contributed by atoms with Gasteiger partial charge < -0.3 is 5.11 Å². The quantitative estimate of drug-likeness (QED) is 0.791. The van der Waals surface area contributed by atoms with E-state index in [1.807, 2.05) is 18.2 Å². The van der Waals surface area contributed by atoms with Crippen LogP contribution in [0.1, 0.15) is 37.8 Å². The highest BCUT2D eigenvalue weighted by molar-refractivity contribution is 5.69. The average molecular weight is 274 g/mol.